The molecule has 0 radical (unpaired) electrons. The van der Waals surface area contributed by atoms with Gasteiger partial charge in [-0.15, -0.1) is 0 Å². The number of benzene rings is 2. The Morgan fingerprint density at radius 2 is 1.69 bits per heavy atom. The molecule has 1 spiro atoms. The molecule has 2 heterocycles. The fraction of sp³-hybridized carbons (Fsp3) is 0.417. The van der Waals surface area contributed by atoms with Crippen molar-refractivity contribution in [3.8, 4) is 17.2 Å². The van der Waals surface area contributed by atoms with Gasteiger partial charge in [-0.2, -0.15) is 5.01 Å². The van der Waals surface area contributed by atoms with Gasteiger partial charge in [-0.25, -0.2) is 0 Å². The van der Waals surface area contributed by atoms with E-state index in [1.807, 2.05) is 18.2 Å². The van der Waals surface area contributed by atoms with Gasteiger partial charge in [0.25, 0.3) is 0 Å². The zero-order valence-corrected chi connectivity index (χ0v) is 17.3. The van der Waals surface area contributed by atoms with Crippen molar-refractivity contribution >= 4 is 5.70 Å². The van der Waals surface area contributed by atoms with E-state index in [4.69, 9.17) is 14.2 Å². The first-order chi connectivity index (χ1) is 14.1. The van der Waals surface area contributed by atoms with E-state index in [-0.39, 0.29) is 11.8 Å². The van der Waals surface area contributed by atoms with Gasteiger partial charge in [-0.1, -0.05) is 6.92 Å². The number of methoxy groups -OCH3 is 2. The minimum atomic E-state index is -0.316. The lowest BCUT2D eigenvalue weighted by Crippen LogP contribution is -2.60. The molecule has 2 aromatic carbocycles. The van der Waals surface area contributed by atoms with Gasteiger partial charge in [-0.3, -0.25) is 0 Å². The summed E-state index contributed by atoms with van der Waals surface area (Å²) in [6.07, 6.45) is 6.70. The van der Waals surface area contributed by atoms with Crippen LogP contribution in [-0.4, -0.2) is 25.0 Å². The van der Waals surface area contributed by atoms with Crippen LogP contribution < -0.4 is 19.6 Å². The first-order valence-corrected chi connectivity index (χ1v) is 10.4. The van der Waals surface area contributed by atoms with Gasteiger partial charge in [0.05, 0.1) is 26.0 Å². The van der Waals surface area contributed by atoms with E-state index in [9.17, 15) is 0 Å². The Balaban J connectivity index is 1.56. The summed E-state index contributed by atoms with van der Waals surface area (Å²) in [5.41, 5.74) is 6.76. The number of fused-ring (bicyclic) bond motifs is 4. The third-order valence-corrected chi connectivity index (χ3v) is 6.57. The quantitative estimate of drug-likeness (QED) is 0.804. The van der Waals surface area contributed by atoms with Gasteiger partial charge in [0, 0.05) is 18.4 Å². The lowest BCUT2D eigenvalue weighted by Gasteiger charge is -2.51. The van der Waals surface area contributed by atoms with E-state index in [1.54, 1.807) is 14.2 Å². The maximum absolute atomic E-state index is 6.70. The van der Waals surface area contributed by atoms with Crippen molar-refractivity contribution in [1.29, 1.82) is 0 Å². The third kappa shape index (κ3) is 3.04. The van der Waals surface area contributed by atoms with Crippen molar-refractivity contribution in [1.82, 2.24) is 10.4 Å². The van der Waals surface area contributed by atoms with Crippen LogP contribution in [0.3, 0.4) is 0 Å². The molecule has 5 rings (SSSR count). The maximum Gasteiger partial charge on any atom is 0.180 e. The zero-order valence-electron chi connectivity index (χ0n) is 17.3. The summed E-state index contributed by atoms with van der Waals surface area (Å²) in [4.78, 5) is 0. The van der Waals surface area contributed by atoms with E-state index in [0.29, 0.717) is 0 Å². The lowest BCUT2D eigenvalue weighted by molar-refractivity contribution is -0.155. The summed E-state index contributed by atoms with van der Waals surface area (Å²) in [7, 11) is 3.40. The number of hydrazine groups is 1. The molecule has 29 heavy (non-hydrogen) atoms. The Morgan fingerprint density at radius 3 is 2.38 bits per heavy atom. The summed E-state index contributed by atoms with van der Waals surface area (Å²) >= 11 is 0. The van der Waals surface area contributed by atoms with Crippen LogP contribution in [0.15, 0.2) is 48.5 Å². The molecule has 1 saturated carbocycles. The van der Waals surface area contributed by atoms with Crippen molar-refractivity contribution in [2.75, 3.05) is 14.2 Å². The molecule has 152 valence electrons. The van der Waals surface area contributed by atoms with Crippen LogP contribution in [0, 0.1) is 5.92 Å². The van der Waals surface area contributed by atoms with Gasteiger partial charge in [0.2, 0.25) is 0 Å². The summed E-state index contributed by atoms with van der Waals surface area (Å²) in [5, 5.41) is 2.33. The molecule has 1 unspecified atom stereocenters. The van der Waals surface area contributed by atoms with Crippen LogP contribution >= 0.6 is 0 Å². The summed E-state index contributed by atoms with van der Waals surface area (Å²) < 4.78 is 17.5. The first kappa shape index (κ1) is 18.4. The number of nitrogens with one attached hydrogen (secondary N) is 1. The molecule has 5 nitrogen and oxygen atoms in total. The molecule has 3 aliphatic rings. The summed E-state index contributed by atoms with van der Waals surface area (Å²) in [6, 6.07) is 14.5. The second kappa shape index (κ2) is 6.99. The second-order valence-electron chi connectivity index (χ2n) is 8.37. The van der Waals surface area contributed by atoms with E-state index in [0.717, 1.165) is 52.8 Å². The van der Waals surface area contributed by atoms with Crippen LogP contribution in [0.5, 0.6) is 17.2 Å². The molecule has 1 fully saturated rings. The third-order valence-electron chi connectivity index (χ3n) is 6.57. The predicted octanol–water partition coefficient (Wildman–Crippen LogP) is 4.91. The number of hydrogen-bond donors (Lipinski definition) is 1. The van der Waals surface area contributed by atoms with Gasteiger partial charge < -0.3 is 19.6 Å². The van der Waals surface area contributed by atoms with Crippen LogP contribution in [0.4, 0.5) is 0 Å². The molecule has 1 aliphatic carbocycles. The van der Waals surface area contributed by atoms with Crippen LogP contribution in [-0.2, 0) is 0 Å². The summed E-state index contributed by atoms with van der Waals surface area (Å²) in [6.45, 7) is 2.34. The molecule has 2 aliphatic heterocycles. The van der Waals surface area contributed by atoms with Crippen LogP contribution in [0.1, 0.15) is 49.8 Å². The molecule has 0 bridgehead atoms. The zero-order chi connectivity index (χ0) is 20.0. The van der Waals surface area contributed by atoms with Crippen LogP contribution in [0.2, 0.25) is 0 Å². The molecule has 0 amide bonds. The number of hydrogen-bond acceptors (Lipinski definition) is 5. The topological polar surface area (TPSA) is 43.0 Å². The maximum atomic E-state index is 6.70. The van der Waals surface area contributed by atoms with Crippen molar-refractivity contribution in [2.24, 2.45) is 5.92 Å². The molecular formula is C24H28N2O3. The van der Waals surface area contributed by atoms with Crippen molar-refractivity contribution < 1.29 is 14.2 Å². The number of ether oxygens (including phenoxy) is 3. The Kier molecular flexibility index (Phi) is 4.43. The molecule has 0 saturated heterocycles. The van der Waals surface area contributed by atoms with Gasteiger partial charge in [0.15, 0.2) is 5.72 Å². The molecular weight excluding hydrogens is 364 g/mol. The first-order valence-electron chi connectivity index (χ1n) is 10.4. The average molecular weight is 392 g/mol. The minimum Gasteiger partial charge on any atom is -0.497 e. The largest absolute Gasteiger partial charge is 0.497 e. The van der Waals surface area contributed by atoms with Gasteiger partial charge in [0.1, 0.15) is 17.2 Å². The van der Waals surface area contributed by atoms with Crippen molar-refractivity contribution in [3.05, 3.63) is 59.7 Å². The second-order valence-corrected chi connectivity index (χ2v) is 8.37. The highest BCUT2D eigenvalue weighted by Gasteiger charge is 2.51. The monoisotopic (exact) mass is 392 g/mol. The fourth-order valence-electron chi connectivity index (χ4n) is 4.77. The predicted molar refractivity (Wildman–Crippen MR) is 113 cm³/mol. The van der Waals surface area contributed by atoms with Crippen molar-refractivity contribution in [3.63, 3.8) is 0 Å². The fourth-order valence-corrected chi connectivity index (χ4v) is 4.77. The van der Waals surface area contributed by atoms with Gasteiger partial charge >= 0.3 is 0 Å². The summed E-state index contributed by atoms with van der Waals surface area (Å²) in [5.74, 6) is 3.43. The van der Waals surface area contributed by atoms with Gasteiger partial charge in [-0.05, 0) is 72.9 Å². The molecule has 1 N–H and O–H groups in total. The lowest BCUT2D eigenvalue weighted by atomic mass is 9.82. The van der Waals surface area contributed by atoms with Crippen molar-refractivity contribution in [2.45, 2.75) is 44.4 Å². The van der Waals surface area contributed by atoms with E-state index in [2.05, 4.69) is 47.7 Å². The SMILES string of the molecule is COc1ccc(C2=CC3c4cc(OC)ccc4OC4(CCC(C)CC4)N3N2)cc1. The highest BCUT2D eigenvalue weighted by atomic mass is 16.5. The number of nitrogens with zero attached hydrogens (tertiary/aromatic N) is 1. The molecule has 5 heteroatoms. The molecule has 0 aromatic heterocycles. The molecule has 1 atom stereocenters. The smallest absolute Gasteiger partial charge is 0.180 e. The van der Waals surface area contributed by atoms with E-state index < -0.39 is 0 Å². The normalized spacial score (nSPS) is 28.0. The highest BCUT2D eigenvalue weighted by Crippen LogP contribution is 2.51. The highest BCUT2D eigenvalue weighted by molar-refractivity contribution is 5.68. The standard InChI is InChI=1S/C24H28N2O3/c1-16-10-12-24(13-11-16)26-22(20-14-19(28-3)8-9-23(20)29-24)15-21(25-26)17-4-6-18(27-2)7-5-17/h4-9,14-16,22,25H,10-13H2,1-3H3. The Bertz CT molecular complexity index is 930. The van der Waals surface area contributed by atoms with E-state index >= 15 is 0 Å². The Labute approximate surface area is 172 Å². The minimum absolute atomic E-state index is 0.111. The average Bonchev–Trinajstić information content (AvgIpc) is 3.22. The van der Waals surface area contributed by atoms with Crippen LogP contribution in [0.25, 0.3) is 5.70 Å². The molecule has 2 aromatic rings. The Morgan fingerprint density at radius 1 is 1.00 bits per heavy atom. The Hall–Kier alpha value is -2.66. The van der Waals surface area contributed by atoms with E-state index in [1.165, 1.54) is 12.8 Å². The number of rotatable bonds is 3.